The van der Waals surface area contributed by atoms with Crippen molar-refractivity contribution in [1.82, 2.24) is 0 Å². The number of fused-ring (bicyclic) bond motifs is 2. The first kappa shape index (κ1) is 24.2. The van der Waals surface area contributed by atoms with Gasteiger partial charge < -0.3 is 14.2 Å². The van der Waals surface area contributed by atoms with Crippen molar-refractivity contribution in [3.8, 4) is 5.75 Å². The van der Waals surface area contributed by atoms with Crippen LogP contribution in [-0.2, 0) is 25.7 Å². The van der Waals surface area contributed by atoms with E-state index in [4.69, 9.17) is 14.2 Å². The third kappa shape index (κ3) is 4.54. The first-order chi connectivity index (χ1) is 15.7. The van der Waals surface area contributed by atoms with Gasteiger partial charge in [-0.15, -0.1) is 0 Å². The van der Waals surface area contributed by atoms with E-state index in [1.54, 1.807) is 14.2 Å². The van der Waals surface area contributed by atoms with Crippen LogP contribution in [0.1, 0.15) is 64.9 Å². The Hall–Kier alpha value is -1.98. The number of hydrogen-bond acceptors (Lipinski definition) is 5. The molecule has 3 aliphatic carbocycles. The Morgan fingerprint density at radius 2 is 1.76 bits per heavy atom. The molecule has 0 unspecified atom stereocenters. The Morgan fingerprint density at radius 1 is 1.03 bits per heavy atom. The predicted molar refractivity (Wildman–Crippen MR) is 127 cm³/mol. The smallest absolute Gasteiger partial charge is 0.161 e. The van der Waals surface area contributed by atoms with Crippen molar-refractivity contribution in [2.75, 3.05) is 14.2 Å². The van der Waals surface area contributed by atoms with Crippen molar-refractivity contribution in [3.63, 3.8) is 0 Å². The van der Waals surface area contributed by atoms with Gasteiger partial charge in [-0.25, -0.2) is 0 Å². The van der Waals surface area contributed by atoms with Gasteiger partial charge in [0.2, 0.25) is 0 Å². The van der Waals surface area contributed by atoms with E-state index in [1.165, 1.54) is 0 Å². The van der Waals surface area contributed by atoms with Crippen LogP contribution in [0.5, 0.6) is 5.75 Å². The van der Waals surface area contributed by atoms with Crippen molar-refractivity contribution in [2.24, 2.45) is 22.7 Å². The zero-order valence-electron chi connectivity index (χ0n) is 20.7. The molecule has 0 radical (unpaired) electrons. The summed E-state index contributed by atoms with van der Waals surface area (Å²) in [6.45, 7) is 7.13. The molecule has 0 amide bonds. The maximum Gasteiger partial charge on any atom is 0.161 e. The summed E-state index contributed by atoms with van der Waals surface area (Å²) >= 11 is 0. The molecule has 1 aromatic carbocycles. The van der Waals surface area contributed by atoms with E-state index in [-0.39, 0.29) is 35.2 Å². The largest absolute Gasteiger partial charge is 0.497 e. The van der Waals surface area contributed by atoms with Crippen LogP contribution in [0.3, 0.4) is 0 Å². The fraction of sp³-hybridized carbons (Fsp3) is 0.643. The Balaban J connectivity index is 1.59. The third-order valence-corrected chi connectivity index (χ3v) is 8.68. The number of Topliss-reactive ketones (excluding diaryl/α,β-unsaturated/α-hetero) is 2. The van der Waals surface area contributed by atoms with Gasteiger partial charge in [0.1, 0.15) is 11.5 Å². The summed E-state index contributed by atoms with van der Waals surface area (Å²) < 4.78 is 17.6. The fourth-order valence-electron chi connectivity index (χ4n) is 6.54. The lowest BCUT2D eigenvalue weighted by molar-refractivity contribution is -0.161. The topological polar surface area (TPSA) is 61.8 Å². The maximum atomic E-state index is 13.6. The molecule has 0 saturated heterocycles. The van der Waals surface area contributed by atoms with Crippen LogP contribution in [0.25, 0.3) is 0 Å². The van der Waals surface area contributed by atoms with E-state index in [1.807, 2.05) is 24.3 Å². The minimum atomic E-state index is -0.430. The first-order valence-corrected chi connectivity index (χ1v) is 12.2. The molecule has 33 heavy (non-hydrogen) atoms. The highest BCUT2D eigenvalue weighted by molar-refractivity contribution is 5.99. The van der Waals surface area contributed by atoms with Crippen molar-refractivity contribution >= 4 is 11.6 Å². The molecule has 0 N–H and O–H groups in total. The molecule has 5 atom stereocenters. The Morgan fingerprint density at radius 3 is 2.42 bits per heavy atom. The molecule has 1 aromatic rings. The van der Waals surface area contributed by atoms with E-state index >= 15 is 0 Å². The lowest BCUT2D eigenvalue weighted by atomic mass is 9.52. The van der Waals surface area contributed by atoms with Crippen LogP contribution in [0, 0.1) is 22.7 Å². The Bertz CT molecular complexity index is 915. The van der Waals surface area contributed by atoms with E-state index in [0.717, 1.165) is 36.1 Å². The van der Waals surface area contributed by atoms with Gasteiger partial charge in [-0.1, -0.05) is 39.0 Å². The summed E-state index contributed by atoms with van der Waals surface area (Å²) in [5, 5.41) is 0. The highest BCUT2D eigenvalue weighted by atomic mass is 16.5. The summed E-state index contributed by atoms with van der Waals surface area (Å²) in [5.41, 5.74) is 1.24. The molecule has 1 fully saturated rings. The fourth-order valence-corrected chi connectivity index (χ4v) is 6.54. The molecule has 5 heteroatoms. The summed E-state index contributed by atoms with van der Waals surface area (Å²) in [7, 11) is 3.35. The van der Waals surface area contributed by atoms with Crippen LogP contribution >= 0.6 is 0 Å². The van der Waals surface area contributed by atoms with Gasteiger partial charge >= 0.3 is 0 Å². The van der Waals surface area contributed by atoms with Crippen LogP contribution < -0.4 is 4.74 Å². The minimum Gasteiger partial charge on any atom is -0.497 e. The molecule has 0 spiro atoms. The number of ether oxygens (including phenoxy) is 3. The SMILES string of the molecule is COc1ccc(CO[C@H]2CC[C@@]3(C)C(=O)CC[C@@H]4C=C(C(=O)C4)[C@H](OC)C[C@@H]3C2(C)C)cc1. The molecule has 4 rings (SSSR count). The number of ketones is 2. The highest BCUT2D eigenvalue weighted by Crippen LogP contribution is 2.56. The van der Waals surface area contributed by atoms with Gasteiger partial charge in [0.25, 0.3) is 0 Å². The molecule has 3 aliphatic rings. The molecule has 180 valence electrons. The minimum absolute atomic E-state index is 0.0203. The van der Waals surface area contributed by atoms with E-state index in [2.05, 4.69) is 26.8 Å². The monoisotopic (exact) mass is 454 g/mol. The Labute approximate surface area is 197 Å². The zero-order valence-corrected chi connectivity index (χ0v) is 20.7. The number of hydrogen-bond donors (Lipinski definition) is 0. The number of methoxy groups -OCH3 is 2. The van der Waals surface area contributed by atoms with Gasteiger partial charge in [-0.05, 0) is 60.6 Å². The second-order valence-electron chi connectivity index (χ2n) is 10.9. The zero-order chi connectivity index (χ0) is 23.8. The summed E-state index contributed by atoms with van der Waals surface area (Å²) in [6.07, 6.45) is 5.97. The predicted octanol–water partition coefficient (Wildman–Crippen LogP) is 5.31. The molecule has 1 saturated carbocycles. The first-order valence-electron chi connectivity index (χ1n) is 12.2. The van der Waals surface area contributed by atoms with Crippen molar-refractivity contribution in [3.05, 3.63) is 41.5 Å². The number of allylic oxidation sites excluding steroid dienone is 1. The molecule has 0 aliphatic heterocycles. The van der Waals surface area contributed by atoms with E-state index < -0.39 is 5.41 Å². The number of rotatable bonds is 5. The quantitative estimate of drug-likeness (QED) is 0.604. The molecule has 0 aromatic heterocycles. The van der Waals surface area contributed by atoms with Crippen LogP contribution in [0.2, 0.25) is 0 Å². The van der Waals surface area contributed by atoms with Gasteiger partial charge in [-0.2, -0.15) is 0 Å². The molecule has 0 heterocycles. The van der Waals surface area contributed by atoms with Crippen LogP contribution in [0.4, 0.5) is 0 Å². The molecule has 2 bridgehead atoms. The number of carbonyl (C=O) groups is 2. The van der Waals surface area contributed by atoms with Crippen molar-refractivity contribution in [2.45, 2.75) is 78.1 Å². The highest BCUT2D eigenvalue weighted by Gasteiger charge is 2.56. The Kier molecular flexibility index (Phi) is 6.84. The molecule has 5 nitrogen and oxygen atoms in total. The second kappa shape index (κ2) is 9.34. The van der Waals surface area contributed by atoms with Gasteiger partial charge in [-0.3, -0.25) is 9.59 Å². The molecular formula is C28H38O5. The van der Waals surface area contributed by atoms with Crippen molar-refractivity contribution in [1.29, 1.82) is 0 Å². The maximum absolute atomic E-state index is 13.6. The lowest BCUT2D eigenvalue weighted by Gasteiger charge is -2.54. The van der Waals surface area contributed by atoms with Crippen LogP contribution in [-0.4, -0.2) is 38.0 Å². The summed E-state index contributed by atoms with van der Waals surface area (Å²) in [5.74, 6) is 1.58. The average molecular weight is 455 g/mol. The number of carbonyl (C=O) groups excluding carboxylic acids is 2. The van der Waals surface area contributed by atoms with Gasteiger partial charge in [0, 0.05) is 30.9 Å². The van der Waals surface area contributed by atoms with Crippen LogP contribution in [0.15, 0.2) is 35.9 Å². The third-order valence-electron chi connectivity index (χ3n) is 8.68. The second-order valence-corrected chi connectivity index (χ2v) is 10.9. The van der Waals surface area contributed by atoms with Crippen molar-refractivity contribution < 1.29 is 23.8 Å². The standard InChI is InChI=1S/C28H38O5/c1-27(2)24-16-23(32-5)21-14-19(15-22(21)29)8-11-25(30)28(24,3)13-12-26(27)33-17-18-6-9-20(31-4)10-7-18/h6-7,9-10,14,19,23-24,26H,8,11-13,15-17H2,1-5H3/t19-,23-,24-,26+,28-/m1/s1. The lowest BCUT2D eigenvalue weighted by Crippen LogP contribution is -2.55. The molecular weight excluding hydrogens is 416 g/mol. The van der Waals surface area contributed by atoms with E-state index in [0.29, 0.717) is 31.7 Å². The van der Waals surface area contributed by atoms with E-state index in [9.17, 15) is 9.59 Å². The summed E-state index contributed by atoms with van der Waals surface area (Å²) in [6, 6.07) is 7.96. The summed E-state index contributed by atoms with van der Waals surface area (Å²) in [4.78, 5) is 26.3. The van der Waals surface area contributed by atoms with Gasteiger partial charge in [0.05, 0.1) is 25.9 Å². The average Bonchev–Trinajstić information content (AvgIpc) is 3.16. The van der Waals surface area contributed by atoms with Gasteiger partial charge in [0.15, 0.2) is 5.78 Å². The number of benzene rings is 1. The normalized spacial score (nSPS) is 33.9.